The van der Waals surface area contributed by atoms with Gasteiger partial charge in [0.05, 0.1) is 12.2 Å². The van der Waals surface area contributed by atoms with E-state index in [0.717, 1.165) is 37.5 Å². The number of ether oxygens (including phenoxy) is 1. The standard InChI is InChI=1S/C19H36N2O4S.C6H15N/c1-14-13-26-16(18(14)21-15(2)23)7-5-6-8-17(24)20-10-12-25-19(3,4)9-11-22;1-6(2)4-5-7-3/h14,16,18,22H,5-13H2,1-4H3,(H,20,24)(H,21,23);6-7H,4-5H2,1-3H3/t14-,16-,18-;/m0./s1. The van der Waals surface area contributed by atoms with Crippen molar-refractivity contribution in [3.8, 4) is 0 Å². The number of thioether (sulfide) groups is 1. The van der Waals surface area contributed by atoms with Gasteiger partial charge in [-0.3, -0.25) is 9.59 Å². The fourth-order valence-corrected chi connectivity index (χ4v) is 5.23. The van der Waals surface area contributed by atoms with Crippen molar-refractivity contribution in [2.45, 2.75) is 97.0 Å². The molecular formula is C25H51N3O4S. The van der Waals surface area contributed by atoms with Crippen molar-refractivity contribution < 1.29 is 19.4 Å². The summed E-state index contributed by atoms with van der Waals surface area (Å²) in [5, 5.41) is 18.5. The predicted molar refractivity (Wildman–Crippen MR) is 140 cm³/mol. The van der Waals surface area contributed by atoms with Gasteiger partial charge in [0, 0.05) is 37.8 Å². The minimum absolute atomic E-state index is 0.0399. The molecule has 0 saturated carbocycles. The lowest BCUT2D eigenvalue weighted by atomic mass is 9.97. The Morgan fingerprint density at radius 3 is 2.45 bits per heavy atom. The number of hydrogen-bond acceptors (Lipinski definition) is 6. The first-order valence-corrected chi connectivity index (χ1v) is 13.6. The minimum atomic E-state index is -0.361. The summed E-state index contributed by atoms with van der Waals surface area (Å²) in [4.78, 5) is 23.2. The maximum atomic E-state index is 11.9. The van der Waals surface area contributed by atoms with Crippen molar-refractivity contribution in [2.75, 3.05) is 39.1 Å². The average Bonchev–Trinajstić information content (AvgIpc) is 3.06. The Hall–Kier alpha value is -0.830. The van der Waals surface area contributed by atoms with Crippen LogP contribution in [0.3, 0.4) is 0 Å². The Labute approximate surface area is 207 Å². The van der Waals surface area contributed by atoms with Crippen molar-refractivity contribution in [1.29, 1.82) is 0 Å². The van der Waals surface area contributed by atoms with E-state index in [1.54, 1.807) is 6.92 Å². The molecule has 196 valence electrons. The van der Waals surface area contributed by atoms with E-state index >= 15 is 0 Å². The number of carbonyl (C=O) groups excluding carboxylic acids is 2. The van der Waals surface area contributed by atoms with Gasteiger partial charge in [0.2, 0.25) is 11.8 Å². The van der Waals surface area contributed by atoms with Crippen LogP contribution in [0.2, 0.25) is 0 Å². The van der Waals surface area contributed by atoms with Crippen LogP contribution < -0.4 is 16.0 Å². The highest BCUT2D eigenvalue weighted by Crippen LogP contribution is 2.34. The Bertz CT molecular complexity index is 532. The van der Waals surface area contributed by atoms with Crippen molar-refractivity contribution >= 4 is 23.6 Å². The van der Waals surface area contributed by atoms with Crippen LogP contribution in [0, 0.1) is 11.8 Å². The summed E-state index contributed by atoms with van der Waals surface area (Å²) in [6, 6.07) is 0.255. The zero-order chi connectivity index (χ0) is 25.3. The van der Waals surface area contributed by atoms with Crippen molar-refractivity contribution in [3.05, 3.63) is 0 Å². The maximum Gasteiger partial charge on any atom is 0.220 e. The molecule has 2 amide bonds. The number of hydrogen-bond donors (Lipinski definition) is 4. The van der Waals surface area contributed by atoms with Crippen molar-refractivity contribution in [1.82, 2.24) is 16.0 Å². The number of aliphatic hydroxyl groups excluding tert-OH is 1. The predicted octanol–water partition coefficient (Wildman–Crippen LogP) is 3.35. The van der Waals surface area contributed by atoms with E-state index in [1.165, 1.54) is 6.42 Å². The van der Waals surface area contributed by atoms with Crippen LogP contribution in [-0.4, -0.2) is 72.9 Å². The van der Waals surface area contributed by atoms with Gasteiger partial charge >= 0.3 is 0 Å². The summed E-state index contributed by atoms with van der Waals surface area (Å²) in [6.07, 6.45) is 5.28. The summed E-state index contributed by atoms with van der Waals surface area (Å²) in [7, 11) is 1.99. The van der Waals surface area contributed by atoms with Crippen LogP contribution in [0.4, 0.5) is 0 Å². The highest BCUT2D eigenvalue weighted by atomic mass is 32.2. The fraction of sp³-hybridized carbons (Fsp3) is 0.920. The van der Waals surface area contributed by atoms with Gasteiger partial charge in [-0.25, -0.2) is 0 Å². The van der Waals surface area contributed by atoms with E-state index in [1.807, 2.05) is 32.7 Å². The third-order valence-electron chi connectivity index (χ3n) is 5.70. The second-order valence-electron chi connectivity index (χ2n) is 10.0. The van der Waals surface area contributed by atoms with Crippen molar-refractivity contribution in [2.24, 2.45) is 11.8 Å². The minimum Gasteiger partial charge on any atom is -0.396 e. The molecule has 0 radical (unpaired) electrons. The van der Waals surface area contributed by atoms with Gasteiger partial charge in [-0.15, -0.1) is 0 Å². The van der Waals surface area contributed by atoms with E-state index in [0.29, 0.717) is 37.2 Å². The third kappa shape index (κ3) is 17.3. The summed E-state index contributed by atoms with van der Waals surface area (Å²) in [5.41, 5.74) is -0.361. The molecule has 1 heterocycles. The van der Waals surface area contributed by atoms with Crippen molar-refractivity contribution in [3.63, 3.8) is 0 Å². The highest BCUT2D eigenvalue weighted by Gasteiger charge is 2.34. The molecule has 0 spiro atoms. The van der Waals surface area contributed by atoms with Crippen LogP contribution in [-0.2, 0) is 14.3 Å². The second-order valence-corrected chi connectivity index (χ2v) is 11.3. The molecule has 1 aliphatic heterocycles. The first kappa shape index (κ1) is 32.2. The molecule has 0 unspecified atom stereocenters. The van der Waals surface area contributed by atoms with Crippen LogP contribution in [0.15, 0.2) is 0 Å². The molecule has 0 aromatic rings. The van der Waals surface area contributed by atoms with E-state index in [4.69, 9.17) is 9.84 Å². The molecule has 1 aliphatic rings. The highest BCUT2D eigenvalue weighted by molar-refractivity contribution is 8.00. The zero-order valence-electron chi connectivity index (χ0n) is 22.2. The van der Waals surface area contributed by atoms with Gasteiger partial charge < -0.3 is 25.8 Å². The lowest BCUT2D eigenvalue weighted by Gasteiger charge is -2.24. The van der Waals surface area contributed by atoms with Crippen LogP contribution in [0.25, 0.3) is 0 Å². The number of carbonyl (C=O) groups is 2. The van der Waals surface area contributed by atoms with Crippen LogP contribution >= 0.6 is 11.8 Å². The molecule has 7 nitrogen and oxygen atoms in total. The molecule has 0 bridgehead atoms. The van der Waals surface area contributed by atoms with Gasteiger partial charge in [0.15, 0.2) is 0 Å². The lowest BCUT2D eigenvalue weighted by Crippen LogP contribution is -2.41. The van der Waals surface area contributed by atoms with Gasteiger partial charge in [0.25, 0.3) is 0 Å². The van der Waals surface area contributed by atoms with E-state index in [-0.39, 0.29) is 30.1 Å². The Morgan fingerprint density at radius 1 is 1.21 bits per heavy atom. The zero-order valence-corrected chi connectivity index (χ0v) is 23.0. The molecule has 1 saturated heterocycles. The summed E-state index contributed by atoms with van der Waals surface area (Å²) in [5.74, 6) is 2.53. The molecule has 4 N–H and O–H groups in total. The SMILES string of the molecule is CC(=O)N[C@@H]1[C@H](CCCCC(=O)NCCOC(C)(C)CCO)SC[C@@H]1C.CNCCC(C)C. The average molecular weight is 490 g/mol. The lowest BCUT2D eigenvalue weighted by molar-refractivity contribution is -0.122. The topological polar surface area (TPSA) is 99.7 Å². The van der Waals surface area contributed by atoms with Gasteiger partial charge in [0.1, 0.15) is 0 Å². The third-order valence-corrected chi connectivity index (χ3v) is 7.38. The normalized spacial score (nSPS) is 20.3. The molecule has 0 aromatic carbocycles. The fourth-order valence-electron chi connectivity index (χ4n) is 3.59. The summed E-state index contributed by atoms with van der Waals surface area (Å²) < 4.78 is 5.65. The molecule has 1 fully saturated rings. The van der Waals surface area contributed by atoms with E-state index in [2.05, 4.69) is 36.7 Å². The van der Waals surface area contributed by atoms with Gasteiger partial charge in [-0.2, -0.15) is 11.8 Å². The first-order chi connectivity index (χ1) is 15.5. The molecule has 0 aliphatic carbocycles. The Morgan fingerprint density at radius 2 is 1.91 bits per heavy atom. The molecule has 3 atom stereocenters. The number of unbranched alkanes of at least 4 members (excludes halogenated alkanes) is 1. The second kappa shape index (κ2) is 18.5. The van der Waals surface area contributed by atoms with Crippen LogP contribution in [0.5, 0.6) is 0 Å². The Kier molecular flexibility index (Phi) is 18.0. The van der Waals surface area contributed by atoms with E-state index < -0.39 is 0 Å². The molecule has 8 heteroatoms. The van der Waals surface area contributed by atoms with Gasteiger partial charge in [-0.1, -0.05) is 27.2 Å². The van der Waals surface area contributed by atoms with E-state index in [9.17, 15) is 9.59 Å². The number of amides is 2. The Balaban J connectivity index is 0.00000126. The summed E-state index contributed by atoms with van der Waals surface area (Å²) >= 11 is 1.93. The van der Waals surface area contributed by atoms with Crippen LogP contribution in [0.1, 0.15) is 80.1 Å². The quantitative estimate of drug-likeness (QED) is 0.263. The number of nitrogens with one attached hydrogen (secondary N) is 3. The summed E-state index contributed by atoms with van der Waals surface area (Å²) in [6.45, 7) is 14.3. The first-order valence-electron chi connectivity index (χ1n) is 12.6. The monoisotopic (exact) mass is 489 g/mol. The molecule has 0 aromatic heterocycles. The maximum absolute atomic E-state index is 11.9. The molecule has 1 rings (SSSR count). The number of aliphatic hydroxyl groups is 1. The molecule has 33 heavy (non-hydrogen) atoms. The molecular weight excluding hydrogens is 438 g/mol. The smallest absolute Gasteiger partial charge is 0.220 e. The van der Waals surface area contributed by atoms with Gasteiger partial charge in [-0.05, 0) is 70.7 Å². The number of rotatable bonds is 15. The largest absolute Gasteiger partial charge is 0.396 e.